The summed E-state index contributed by atoms with van der Waals surface area (Å²) in [7, 11) is 1.90. The molecule has 0 saturated heterocycles. The number of halogens is 1. The van der Waals surface area contributed by atoms with Crippen molar-refractivity contribution in [1.82, 2.24) is 10.3 Å². The van der Waals surface area contributed by atoms with Gasteiger partial charge in [-0.2, -0.15) is 0 Å². The maximum atomic E-state index is 13.4. The molecule has 4 heteroatoms. The lowest BCUT2D eigenvalue weighted by molar-refractivity contribution is 0.439. The molecule has 19 heavy (non-hydrogen) atoms. The lowest BCUT2D eigenvalue weighted by atomic mass is 10.1. The zero-order chi connectivity index (χ0) is 13.7. The molecule has 1 unspecified atom stereocenters. The van der Waals surface area contributed by atoms with Crippen LogP contribution in [0.4, 0.5) is 4.39 Å². The van der Waals surface area contributed by atoms with Crippen molar-refractivity contribution in [3.05, 3.63) is 54.1 Å². The number of hydrogen-bond donors (Lipinski definition) is 1. The molecule has 2 rings (SSSR count). The summed E-state index contributed by atoms with van der Waals surface area (Å²) in [5.41, 5.74) is 0.950. The predicted octanol–water partition coefficient (Wildman–Crippen LogP) is 3.68. The Labute approximate surface area is 112 Å². The summed E-state index contributed by atoms with van der Waals surface area (Å²) in [6, 6.07) is 10.2. The number of hydrogen-bond acceptors (Lipinski definition) is 3. The minimum Gasteiger partial charge on any atom is -0.453 e. The minimum atomic E-state index is -0.381. The Bertz CT molecular complexity index is 524. The third-order valence-corrected chi connectivity index (χ3v) is 2.94. The number of rotatable bonds is 5. The van der Waals surface area contributed by atoms with E-state index in [4.69, 9.17) is 4.74 Å². The van der Waals surface area contributed by atoms with E-state index in [2.05, 4.69) is 17.2 Å². The second kappa shape index (κ2) is 6.29. The van der Waals surface area contributed by atoms with Gasteiger partial charge in [-0.15, -0.1) is 0 Å². The van der Waals surface area contributed by atoms with Crippen molar-refractivity contribution in [3.8, 4) is 11.5 Å². The van der Waals surface area contributed by atoms with Crippen LogP contribution in [-0.2, 0) is 0 Å². The minimum absolute atomic E-state index is 0.206. The molecule has 1 heterocycles. The first-order valence-electron chi connectivity index (χ1n) is 6.30. The fraction of sp³-hybridized carbons (Fsp3) is 0.267. The Hall–Kier alpha value is -1.94. The van der Waals surface area contributed by atoms with E-state index in [-0.39, 0.29) is 17.6 Å². The van der Waals surface area contributed by atoms with Crippen molar-refractivity contribution in [1.29, 1.82) is 0 Å². The summed E-state index contributed by atoms with van der Waals surface area (Å²) in [4.78, 5) is 4.34. The van der Waals surface area contributed by atoms with E-state index in [1.165, 1.54) is 6.07 Å². The summed E-state index contributed by atoms with van der Waals surface area (Å²) >= 11 is 0. The molecule has 0 amide bonds. The molecule has 1 aromatic heterocycles. The van der Waals surface area contributed by atoms with E-state index >= 15 is 0 Å². The highest BCUT2D eigenvalue weighted by Crippen LogP contribution is 2.24. The van der Waals surface area contributed by atoms with E-state index in [0.29, 0.717) is 5.75 Å². The van der Waals surface area contributed by atoms with Crippen LogP contribution >= 0.6 is 0 Å². The molecule has 0 aliphatic carbocycles. The van der Waals surface area contributed by atoms with Gasteiger partial charge in [0.1, 0.15) is 5.75 Å². The SMILES string of the molecule is CCC(NC)c1ccc(Oc2ccccc2F)cn1. The van der Waals surface area contributed by atoms with Gasteiger partial charge >= 0.3 is 0 Å². The standard InChI is InChI=1S/C15H17FN2O/c1-3-13(17-2)14-9-8-11(10-18-14)19-15-7-5-4-6-12(15)16/h4-10,13,17H,3H2,1-2H3. The average molecular weight is 260 g/mol. The Morgan fingerprint density at radius 3 is 2.63 bits per heavy atom. The van der Waals surface area contributed by atoms with Crippen LogP contribution in [0.15, 0.2) is 42.6 Å². The molecule has 1 atom stereocenters. The molecule has 1 aromatic carbocycles. The molecule has 100 valence electrons. The second-order valence-corrected chi connectivity index (χ2v) is 4.20. The van der Waals surface area contributed by atoms with Gasteiger partial charge in [0.05, 0.1) is 11.9 Å². The van der Waals surface area contributed by atoms with Gasteiger partial charge in [-0.05, 0) is 37.7 Å². The maximum absolute atomic E-state index is 13.4. The van der Waals surface area contributed by atoms with E-state index in [1.54, 1.807) is 30.5 Å². The second-order valence-electron chi connectivity index (χ2n) is 4.20. The van der Waals surface area contributed by atoms with E-state index < -0.39 is 0 Å². The number of aromatic nitrogens is 1. The highest BCUT2D eigenvalue weighted by atomic mass is 19.1. The van der Waals surface area contributed by atoms with Gasteiger partial charge in [0.15, 0.2) is 11.6 Å². The zero-order valence-electron chi connectivity index (χ0n) is 11.1. The van der Waals surface area contributed by atoms with E-state index in [1.807, 2.05) is 13.1 Å². The van der Waals surface area contributed by atoms with Gasteiger partial charge in [0.25, 0.3) is 0 Å². The summed E-state index contributed by atoms with van der Waals surface area (Å²) < 4.78 is 18.9. The fourth-order valence-electron chi connectivity index (χ4n) is 1.87. The van der Waals surface area contributed by atoms with Crippen molar-refractivity contribution < 1.29 is 9.13 Å². The highest BCUT2D eigenvalue weighted by Gasteiger charge is 2.09. The van der Waals surface area contributed by atoms with Gasteiger partial charge in [-0.1, -0.05) is 19.1 Å². The summed E-state index contributed by atoms with van der Waals surface area (Å²) in [5.74, 6) is 0.353. The van der Waals surface area contributed by atoms with Gasteiger partial charge in [0, 0.05) is 6.04 Å². The van der Waals surface area contributed by atoms with Crippen LogP contribution < -0.4 is 10.1 Å². The molecular weight excluding hydrogens is 243 g/mol. The molecule has 0 fully saturated rings. The monoisotopic (exact) mass is 260 g/mol. The number of nitrogens with zero attached hydrogens (tertiary/aromatic N) is 1. The number of ether oxygens (including phenoxy) is 1. The highest BCUT2D eigenvalue weighted by molar-refractivity contribution is 5.31. The quantitative estimate of drug-likeness (QED) is 0.890. The number of pyridine rings is 1. The molecule has 0 bridgehead atoms. The molecule has 0 aliphatic heterocycles. The van der Waals surface area contributed by atoms with Gasteiger partial charge in [-0.25, -0.2) is 4.39 Å². The van der Waals surface area contributed by atoms with Crippen LogP contribution in [0.2, 0.25) is 0 Å². The Balaban J connectivity index is 2.13. The first-order valence-corrected chi connectivity index (χ1v) is 6.30. The number of benzene rings is 1. The van der Waals surface area contributed by atoms with Gasteiger partial charge in [0.2, 0.25) is 0 Å². The largest absolute Gasteiger partial charge is 0.453 e. The lowest BCUT2D eigenvalue weighted by Gasteiger charge is -2.13. The summed E-state index contributed by atoms with van der Waals surface area (Å²) in [6.07, 6.45) is 2.57. The van der Waals surface area contributed by atoms with Crippen LogP contribution in [0.1, 0.15) is 25.1 Å². The summed E-state index contributed by atoms with van der Waals surface area (Å²) in [6.45, 7) is 2.09. The topological polar surface area (TPSA) is 34.1 Å². The number of para-hydroxylation sites is 1. The molecular formula is C15H17FN2O. The van der Waals surface area contributed by atoms with Crippen LogP contribution in [0.25, 0.3) is 0 Å². The number of nitrogens with one attached hydrogen (secondary N) is 1. The van der Waals surface area contributed by atoms with Crippen LogP contribution in [0.3, 0.4) is 0 Å². The predicted molar refractivity (Wildman–Crippen MR) is 72.8 cm³/mol. The third kappa shape index (κ3) is 3.29. The van der Waals surface area contributed by atoms with E-state index in [9.17, 15) is 4.39 Å². The van der Waals surface area contributed by atoms with Crippen LogP contribution in [0, 0.1) is 5.82 Å². The molecule has 0 spiro atoms. The zero-order valence-corrected chi connectivity index (χ0v) is 11.1. The van der Waals surface area contributed by atoms with Crippen molar-refractivity contribution in [2.45, 2.75) is 19.4 Å². The van der Waals surface area contributed by atoms with Crippen molar-refractivity contribution >= 4 is 0 Å². The van der Waals surface area contributed by atoms with Crippen molar-refractivity contribution in [3.63, 3.8) is 0 Å². The normalized spacial score (nSPS) is 12.2. The molecule has 1 N–H and O–H groups in total. The maximum Gasteiger partial charge on any atom is 0.165 e. The van der Waals surface area contributed by atoms with Crippen LogP contribution in [0.5, 0.6) is 11.5 Å². The molecule has 0 aliphatic rings. The average Bonchev–Trinajstić information content (AvgIpc) is 2.44. The van der Waals surface area contributed by atoms with Gasteiger partial charge in [-0.3, -0.25) is 4.98 Å². The Kier molecular flexibility index (Phi) is 4.47. The fourth-order valence-corrected chi connectivity index (χ4v) is 1.87. The smallest absolute Gasteiger partial charge is 0.165 e. The van der Waals surface area contributed by atoms with Gasteiger partial charge < -0.3 is 10.1 Å². The van der Waals surface area contributed by atoms with Crippen molar-refractivity contribution in [2.75, 3.05) is 7.05 Å². The van der Waals surface area contributed by atoms with Crippen LogP contribution in [-0.4, -0.2) is 12.0 Å². The summed E-state index contributed by atoms with van der Waals surface area (Å²) in [5, 5.41) is 3.18. The molecule has 3 nitrogen and oxygen atoms in total. The third-order valence-electron chi connectivity index (χ3n) is 2.94. The molecule has 0 radical (unpaired) electrons. The Morgan fingerprint density at radius 2 is 2.05 bits per heavy atom. The van der Waals surface area contributed by atoms with E-state index in [0.717, 1.165) is 12.1 Å². The first kappa shape index (κ1) is 13.5. The Morgan fingerprint density at radius 1 is 1.26 bits per heavy atom. The lowest BCUT2D eigenvalue weighted by Crippen LogP contribution is -2.16. The molecule has 0 saturated carbocycles. The molecule has 2 aromatic rings. The van der Waals surface area contributed by atoms with Crippen molar-refractivity contribution in [2.24, 2.45) is 0 Å². The first-order chi connectivity index (χ1) is 9.24.